The Morgan fingerprint density at radius 3 is 2.45 bits per heavy atom. The van der Waals surface area contributed by atoms with E-state index in [0.29, 0.717) is 0 Å². The molecule has 20 heavy (non-hydrogen) atoms. The molecule has 0 saturated carbocycles. The largest absolute Gasteiger partial charge is 0.418 e. The molecular formula is C12H13F3N2O3. The highest BCUT2D eigenvalue weighted by Crippen LogP contribution is 2.34. The van der Waals surface area contributed by atoms with E-state index in [-0.39, 0.29) is 13.2 Å². The molecule has 0 spiro atoms. The lowest BCUT2D eigenvalue weighted by Gasteiger charge is -2.13. The zero-order chi connectivity index (χ0) is 15.2. The van der Waals surface area contributed by atoms with E-state index in [2.05, 4.69) is 10.1 Å². The number of alkyl halides is 3. The number of carbonyl (C=O) groups is 2. The van der Waals surface area contributed by atoms with Gasteiger partial charge in [0.05, 0.1) is 17.9 Å². The van der Waals surface area contributed by atoms with Gasteiger partial charge in [0.15, 0.2) is 0 Å². The van der Waals surface area contributed by atoms with Crippen LogP contribution >= 0.6 is 0 Å². The summed E-state index contributed by atoms with van der Waals surface area (Å²) in [6.07, 6.45) is -4.61. The first-order valence-electron chi connectivity index (χ1n) is 5.60. The lowest BCUT2D eigenvalue weighted by Crippen LogP contribution is -2.37. The third-order valence-electron chi connectivity index (χ3n) is 2.28. The van der Waals surface area contributed by atoms with Gasteiger partial charge in [-0.05, 0) is 12.1 Å². The van der Waals surface area contributed by atoms with Crippen LogP contribution in [-0.2, 0) is 20.5 Å². The van der Waals surface area contributed by atoms with Crippen molar-refractivity contribution in [1.82, 2.24) is 5.32 Å². The Morgan fingerprint density at radius 1 is 1.20 bits per heavy atom. The number of rotatable bonds is 4. The van der Waals surface area contributed by atoms with Crippen molar-refractivity contribution >= 4 is 17.5 Å². The molecule has 8 heteroatoms. The molecule has 0 heterocycles. The minimum Gasteiger partial charge on any atom is -0.383 e. The van der Waals surface area contributed by atoms with E-state index in [0.717, 1.165) is 12.1 Å². The summed E-state index contributed by atoms with van der Waals surface area (Å²) < 4.78 is 42.7. The minimum absolute atomic E-state index is 0.0870. The first-order chi connectivity index (χ1) is 9.36. The zero-order valence-corrected chi connectivity index (χ0v) is 10.6. The summed E-state index contributed by atoms with van der Waals surface area (Å²) in [4.78, 5) is 22.8. The fraction of sp³-hybridized carbons (Fsp3) is 0.333. The van der Waals surface area contributed by atoms with Crippen LogP contribution in [0.4, 0.5) is 18.9 Å². The molecule has 0 radical (unpaired) electrons. The Bertz CT molecular complexity index is 489. The number of ether oxygens (including phenoxy) is 1. The molecule has 110 valence electrons. The molecular weight excluding hydrogens is 277 g/mol. The van der Waals surface area contributed by atoms with Crippen molar-refractivity contribution in [3.63, 3.8) is 0 Å². The predicted molar refractivity (Wildman–Crippen MR) is 65.0 cm³/mol. The van der Waals surface area contributed by atoms with Gasteiger partial charge >= 0.3 is 18.0 Å². The predicted octanol–water partition coefficient (Wildman–Crippen LogP) is 1.41. The third-order valence-corrected chi connectivity index (χ3v) is 2.28. The molecule has 0 aliphatic carbocycles. The summed E-state index contributed by atoms with van der Waals surface area (Å²) >= 11 is 0. The van der Waals surface area contributed by atoms with E-state index in [9.17, 15) is 22.8 Å². The molecule has 1 rings (SSSR count). The first kappa shape index (κ1) is 16.0. The highest BCUT2D eigenvalue weighted by atomic mass is 19.4. The Hall–Kier alpha value is -2.09. The van der Waals surface area contributed by atoms with Gasteiger partial charge < -0.3 is 15.4 Å². The van der Waals surface area contributed by atoms with E-state index in [1.165, 1.54) is 19.2 Å². The number of methoxy groups -OCH3 is 1. The van der Waals surface area contributed by atoms with Crippen LogP contribution in [0.1, 0.15) is 5.56 Å². The van der Waals surface area contributed by atoms with Gasteiger partial charge in [-0.3, -0.25) is 9.59 Å². The summed E-state index contributed by atoms with van der Waals surface area (Å²) in [5, 5.41) is 4.14. The number of carbonyl (C=O) groups excluding carboxylic acids is 2. The number of para-hydroxylation sites is 1. The number of halogens is 3. The Labute approximate surface area is 113 Å². The summed E-state index contributed by atoms with van der Waals surface area (Å²) in [5.41, 5.74) is -1.48. The molecule has 0 bridgehead atoms. The topological polar surface area (TPSA) is 67.4 Å². The Kier molecular flexibility index (Phi) is 5.51. The van der Waals surface area contributed by atoms with E-state index in [4.69, 9.17) is 0 Å². The van der Waals surface area contributed by atoms with E-state index < -0.39 is 29.2 Å². The normalized spacial score (nSPS) is 11.0. The second-order valence-corrected chi connectivity index (χ2v) is 3.75. The summed E-state index contributed by atoms with van der Waals surface area (Å²) in [5.74, 6) is -2.20. The quantitative estimate of drug-likeness (QED) is 0.651. The van der Waals surface area contributed by atoms with Crippen molar-refractivity contribution in [2.24, 2.45) is 0 Å². The molecule has 0 aromatic heterocycles. The van der Waals surface area contributed by atoms with Gasteiger partial charge in [0, 0.05) is 13.7 Å². The van der Waals surface area contributed by atoms with Crippen molar-refractivity contribution in [1.29, 1.82) is 0 Å². The monoisotopic (exact) mass is 290 g/mol. The summed E-state index contributed by atoms with van der Waals surface area (Å²) in [6, 6.07) is 4.41. The molecule has 0 saturated heterocycles. The number of anilines is 1. The van der Waals surface area contributed by atoms with Gasteiger partial charge in [0.25, 0.3) is 0 Å². The molecule has 0 atom stereocenters. The standard InChI is InChI=1S/C12H13F3N2O3/c1-20-7-6-16-10(18)11(19)17-9-5-3-2-4-8(9)12(13,14)15/h2-5H,6-7H2,1H3,(H,16,18)(H,17,19). The van der Waals surface area contributed by atoms with Crippen LogP contribution in [0.15, 0.2) is 24.3 Å². The first-order valence-corrected chi connectivity index (χ1v) is 5.60. The molecule has 1 aromatic rings. The SMILES string of the molecule is COCCNC(=O)C(=O)Nc1ccccc1C(F)(F)F. The van der Waals surface area contributed by atoms with Crippen molar-refractivity contribution in [3.05, 3.63) is 29.8 Å². The lowest BCUT2D eigenvalue weighted by molar-refractivity contribution is -0.138. The molecule has 0 fully saturated rings. The maximum atomic E-state index is 12.7. The van der Waals surface area contributed by atoms with E-state index in [1.54, 1.807) is 0 Å². The highest BCUT2D eigenvalue weighted by molar-refractivity contribution is 6.39. The van der Waals surface area contributed by atoms with Gasteiger partial charge in [0.2, 0.25) is 0 Å². The van der Waals surface area contributed by atoms with Crippen molar-refractivity contribution in [2.45, 2.75) is 6.18 Å². The second-order valence-electron chi connectivity index (χ2n) is 3.75. The van der Waals surface area contributed by atoms with Crippen LogP contribution in [0.25, 0.3) is 0 Å². The molecule has 2 N–H and O–H groups in total. The van der Waals surface area contributed by atoms with Gasteiger partial charge in [-0.2, -0.15) is 13.2 Å². The number of hydrogen-bond acceptors (Lipinski definition) is 3. The highest BCUT2D eigenvalue weighted by Gasteiger charge is 2.33. The van der Waals surface area contributed by atoms with Crippen LogP contribution in [0.5, 0.6) is 0 Å². The number of nitrogens with one attached hydrogen (secondary N) is 2. The van der Waals surface area contributed by atoms with Gasteiger partial charge in [-0.15, -0.1) is 0 Å². The maximum absolute atomic E-state index is 12.7. The summed E-state index contributed by atoms with van der Waals surface area (Å²) in [7, 11) is 1.41. The molecule has 5 nitrogen and oxygen atoms in total. The molecule has 2 amide bonds. The fourth-order valence-corrected chi connectivity index (χ4v) is 1.37. The van der Waals surface area contributed by atoms with Crippen LogP contribution in [0.3, 0.4) is 0 Å². The maximum Gasteiger partial charge on any atom is 0.418 e. The molecule has 0 unspecified atom stereocenters. The molecule has 0 aliphatic heterocycles. The lowest BCUT2D eigenvalue weighted by atomic mass is 10.1. The molecule has 0 aliphatic rings. The van der Waals surface area contributed by atoms with Crippen molar-refractivity contribution < 1.29 is 27.5 Å². The Morgan fingerprint density at radius 2 is 1.85 bits per heavy atom. The van der Waals surface area contributed by atoms with Crippen molar-refractivity contribution in [3.8, 4) is 0 Å². The Balaban J connectivity index is 2.74. The van der Waals surface area contributed by atoms with E-state index >= 15 is 0 Å². The fourth-order valence-electron chi connectivity index (χ4n) is 1.37. The molecule has 1 aromatic carbocycles. The van der Waals surface area contributed by atoms with Crippen LogP contribution in [0.2, 0.25) is 0 Å². The third kappa shape index (κ3) is 4.54. The average Bonchev–Trinajstić information content (AvgIpc) is 2.38. The van der Waals surface area contributed by atoms with E-state index in [1.807, 2.05) is 5.32 Å². The smallest absolute Gasteiger partial charge is 0.383 e. The van der Waals surface area contributed by atoms with Crippen LogP contribution < -0.4 is 10.6 Å². The zero-order valence-electron chi connectivity index (χ0n) is 10.6. The number of hydrogen-bond donors (Lipinski definition) is 2. The van der Waals surface area contributed by atoms with Gasteiger partial charge in [0.1, 0.15) is 0 Å². The van der Waals surface area contributed by atoms with Crippen LogP contribution in [0, 0.1) is 0 Å². The van der Waals surface area contributed by atoms with Gasteiger partial charge in [-0.25, -0.2) is 0 Å². The number of benzene rings is 1. The van der Waals surface area contributed by atoms with Crippen LogP contribution in [-0.4, -0.2) is 32.1 Å². The average molecular weight is 290 g/mol. The minimum atomic E-state index is -4.61. The second kappa shape index (κ2) is 6.90. The number of amides is 2. The van der Waals surface area contributed by atoms with Crippen molar-refractivity contribution in [2.75, 3.05) is 25.6 Å². The summed E-state index contributed by atoms with van der Waals surface area (Å²) in [6.45, 7) is 0.280. The van der Waals surface area contributed by atoms with Gasteiger partial charge in [-0.1, -0.05) is 12.1 Å².